The summed E-state index contributed by atoms with van der Waals surface area (Å²) >= 11 is 0. The quantitative estimate of drug-likeness (QED) is 0.429. The van der Waals surface area contributed by atoms with E-state index in [1.165, 1.54) is 11.1 Å². The van der Waals surface area contributed by atoms with E-state index >= 15 is 0 Å². The summed E-state index contributed by atoms with van der Waals surface area (Å²) in [7, 11) is 0. The van der Waals surface area contributed by atoms with Crippen LogP contribution in [0.3, 0.4) is 0 Å². The lowest BCUT2D eigenvalue weighted by molar-refractivity contribution is 0.0926. The first-order valence-electron chi connectivity index (χ1n) is 11.2. The molecule has 35 heavy (non-hydrogen) atoms. The summed E-state index contributed by atoms with van der Waals surface area (Å²) in [5, 5.41) is 14.9. The van der Waals surface area contributed by atoms with Gasteiger partial charge in [-0.05, 0) is 31.0 Å². The number of rotatable bonds is 6. The first-order chi connectivity index (χ1) is 16.8. The topological polar surface area (TPSA) is 151 Å². The van der Waals surface area contributed by atoms with Gasteiger partial charge in [0.1, 0.15) is 0 Å². The molecule has 10 heteroatoms. The molecule has 10 nitrogen and oxygen atoms in total. The molecule has 1 aliphatic heterocycles. The van der Waals surface area contributed by atoms with E-state index in [0.29, 0.717) is 29.8 Å². The molecule has 2 aromatic carbocycles. The third kappa shape index (κ3) is 5.55. The Labute approximate surface area is 202 Å². The van der Waals surface area contributed by atoms with E-state index in [4.69, 9.17) is 10.8 Å². The van der Waals surface area contributed by atoms with Gasteiger partial charge in [-0.25, -0.2) is 14.8 Å². The third-order valence-electron chi connectivity index (χ3n) is 5.88. The van der Waals surface area contributed by atoms with Crippen molar-refractivity contribution < 1.29 is 19.5 Å². The molecule has 5 N–H and O–H groups in total. The maximum atomic E-state index is 12.8. The SMILES string of the molecule is C[C@H](NC(=O)c1cccc(-c2cnc(N)c(C(=O)N[C@H]3CCN(C(=O)O)C3)n2)c1)c1ccccc1. The second kappa shape index (κ2) is 10.2. The molecule has 3 aromatic rings. The summed E-state index contributed by atoms with van der Waals surface area (Å²) in [5.41, 5.74) is 8.27. The van der Waals surface area contributed by atoms with Gasteiger partial charge in [-0.15, -0.1) is 0 Å². The van der Waals surface area contributed by atoms with Crippen LogP contribution in [-0.2, 0) is 0 Å². The van der Waals surface area contributed by atoms with E-state index in [1.807, 2.05) is 37.3 Å². The van der Waals surface area contributed by atoms with E-state index in [9.17, 15) is 14.4 Å². The number of hydrogen-bond acceptors (Lipinski definition) is 6. The molecule has 0 radical (unpaired) electrons. The number of aromatic nitrogens is 2. The number of benzene rings is 2. The number of anilines is 1. The fourth-order valence-electron chi connectivity index (χ4n) is 3.93. The van der Waals surface area contributed by atoms with Gasteiger partial charge in [0, 0.05) is 30.3 Å². The zero-order valence-corrected chi connectivity index (χ0v) is 19.1. The highest BCUT2D eigenvalue weighted by Gasteiger charge is 2.28. The van der Waals surface area contributed by atoms with Gasteiger partial charge in [0.05, 0.1) is 17.9 Å². The Morgan fingerprint density at radius 1 is 1.11 bits per heavy atom. The van der Waals surface area contributed by atoms with Gasteiger partial charge in [0.2, 0.25) is 0 Å². The number of amides is 3. The zero-order valence-electron chi connectivity index (χ0n) is 19.1. The number of carbonyl (C=O) groups is 3. The fraction of sp³-hybridized carbons (Fsp3) is 0.240. The maximum Gasteiger partial charge on any atom is 0.407 e. The lowest BCUT2D eigenvalue weighted by Gasteiger charge is -2.15. The Kier molecular flexibility index (Phi) is 6.91. The molecule has 0 aliphatic carbocycles. The van der Waals surface area contributed by atoms with Crippen LogP contribution >= 0.6 is 0 Å². The van der Waals surface area contributed by atoms with Crippen LogP contribution in [-0.4, -0.2) is 57.0 Å². The molecule has 2 atom stereocenters. The smallest absolute Gasteiger partial charge is 0.407 e. The lowest BCUT2D eigenvalue weighted by Crippen LogP contribution is -2.38. The molecule has 1 aromatic heterocycles. The standard InChI is InChI=1S/C25H26N6O4/c1-15(16-6-3-2-4-7-16)28-23(32)18-9-5-8-17(12-18)20-13-27-22(26)21(30-20)24(33)29-19-10-11-31(14-19)25(34)35/h2-9,12-13,15,19H,10-11,14H2,1H3,(H2,26,27)(H,28,32)(H,29,33)(H,34,35)/t15-,19-/m0/s1. The number of nitrogen functional groups attached to an aromatic ring is 1. The predicted octanol–water partition coefficient (Wildman–Crippen LogP) is 2.70. The van der Waals surface area contributed by atoms with Crippen molar-refractivity contribution in [1.82, 2.24) is 25.5 Å². The average Bonchev–Trinajstić information content (AvgIpc) is 3.33. The van der Waals surface area contributed by atoms with Gasteiger partial charge in [0.25, 0.3) is 11.8 Å². The Morgan fingerprint density at radius 2 is 1.89 bits per heavy atom. The Balaban J connectivity index is 1.49. The summed E-state index contributed by atoms with van der Waals surface area (Å²) in [6, 6.07) is 16.0. The molecule has 0 spiro atoms. The van der Waals surface area contributed by atoms with Crippen molar-refractivity contribution in [2.75, 3.05) is 18.8 Å². The van der Waals surface area contributed by atoms with Crippen molar-refractivity contribution in [3.63, 3.8) is 0 Å². The predicted molar refractivity (Wildman–Crippen MR) is 130 cm³/mol. The van der Waals surface area contributed by atoms with E-state index in [0.717, 1.165) is 5.56 Å². The van der Waals surface area contributed by atoms with Crippen LogP contribution in [0, 0.1) is 0 Å². The van der Waals surface area contributed by atoms with Crippen molar-refractivity contribution in [3.8, 4) is 11.3 Å². The number of nitrogens with two attached hydrogens (primary N) is 1. The minimum atomic E-state index is -1.02. The molecule has 1 saturated heterocycles. The third-order valence-corrected chi connectivity index (χ3v) is 5.88. The van der Waals surface area contributed by atoms with E-state index in [2.05, 4.69) is 20.6 Å². The molecule has 0 unspecified atom stereocenters. The highest BCUT2D eigenvalue weighted by atomic mass is 16.4. The van der Waals surface area contributed by atoms with Crippen LogP contribution in [0.2, 0.25) is 0 Å². The van der Waals surface area contributed by atoms with Crippen molar-refractivity contribution in [1.29, 1.82) is 0 Å². The monoisotopic (exact) mass is 474 g/mol. The number of carboxylic acid groups (broad SMARTS) is 1. The molecule has 2 heterocycles. The van der Waals surface area contributed by atoms with Gasteiger partial charge in [-0.3, -0.25) is 9.59 Å². The van der Waals surface area contributed by atoms with Crippen LogP contribution in [0.1, 0.15) is 45.8 Å². The van der Waals surface area contributed by atoms with Crippen LogP contribution in [0.15, 0.2) is 60.8 Å². The zero-order chi connectivity index (χ0) is 24.9. The van der Waals surface area contributed by atoms with E-state index < -0.39 is 12.0 Å². The lowest BCUT2D eigenvalue weighted by atomic mass is 10.1. The molecule has 0 saturated carbocycles. The second-order valence-corrected chi connectivity index (χ2v) is 8.36. The molecular formula is C25H26N6O4. The molecule has 180 valence electrons. The minimum Gasteiger partial charge on any atom is -0.465 e. The Morgan fingerprint density at radius 3 is 2.60 bits per heavy atom. The largest absolute Gasteiger partial charge is 0.465 e. The summed E-state index contributed by atoms with van der Waals surface area (Å²) < 4.78 is 0. The van der Waals surface area contributed by atoms with Gasteiger partial charge in [-0.1, -0.05) is 42.5 Å². The number of nitrogens with one attached hydrogen (secondary N) is 2. The first-order valence-corrected chi connectivity index (χ1v) is 11.2. The molecule has 4 rings (SSSR count). The normalized spacial score (nSPS) is 15.9. The van der Waals surface area contributed by atoms with Gasteiger partial charge in [-0.2, -0.15) is 0 Å². The number of likely N-dealkylation sites (tertiary alicyclic amines) is 1. The van der Waals surface area contributed by atoms with E-state index in [1.54, 1.807) is 24.3 Å². The summed E-state index contributed by atoms with van der Waals surface area (Å²) in [5.74, 6) is -0.807. The molecular weight excluding hydrogens is 448 g/mol. The van der Waals surface area contributed by atoms with Crippen LogP contribution in [0.5, 0.6) is 0 Å². The molecule has 0 bridgehead atoms. The fourth-order valence-corrected chi connectivity index (χ4v) is 3.93. The van der Waals surface area contributed by atoms with Crippen molar-refractivity contribution in [2.24, 2.45) is 0 Å². The van der Waals surface area contributed by atoms with Gasteiger partial charge >= 0.3 is 6.09 Å². The van der Waals surface area contributed by atoms with Gasteiger partial charge < -0.3 is 26.4 Å². The van der Waals surface area contributed by atoms with Crippen LogP contribution < -0.4 is 16.4 Å². The Hall–Kier alpha value is -4.47. The van der Waals surface area contributed by atoms with Crippen LogP contribution in [0.25, 0.3) is 11.3 Å². The number of nitrogens with zero attached hydrogens (tertiary/aromatic N) is 3. The number of hydrogen-bond donors (Lipinski definition) is 4. The number of carbonyl (C=O) groups excluding carboxylic acids is 2. The molecule has 3 amide bonds. The molecule has 1 aliphatic rings. The summed E-state index contributed by atoms with van der Waals surface area (Å²) in [6.45, 7) is 2.46. The van der Waals surface area contributed by atoms with Crippen molar-refractivity contribution >= 4 is 23.7 Å². The molecule has 1 fully saturated rings. The highest BCUT2D eigenvalue weighted by Crippen LogP contribution is 2.21. The van der Waals surface area contributed by atoms with Crippen molar-refractivity contribution in [2.45, 2.75) is 25.4 Å². The highest BCUT2D eigenvalue weighted by molar-refractivity contribution is 5.97. The average molecular weight is 475 g/mol. The minimum absolute atomic E-state index is 0.0371. The van der Waals surface area contributed by atoms with Crippen molar-refractivity contribution in [3.05, 3.63) is 77.6 Å². The van der Waals surface area contributed by atoms with Crippen LogP contribution in [0.4, 0.5) is 10.6 Å². The van der Waals surface area contributed by atoms with Gasteiger partial charge in [0.15, 0.2) is 11.5 Å². The summed E-state index contributed by atoms with van der Waals surface area (Å²) in [6.07, 6.45) is 0.922. The van der Waals surface area contributed by atoms with E-state index in [-0.39, 0.29) is 36.0 Å². The second-order valence-electron chi connectivity index (χ2n) is 8.36. The summed E-state index contributed by atoms with van der Waals surface area (Å²) in [4.78, 5) is 46.5. The first kappa shape index (κ1) is 23.7. The maximum absolute atomic E-state index is 12.8. The Bertz CT molecular complexity index is 1250.